The van der Waals surface area contributed by atoms with Gasteiger partial charge in [0, 0.05) is 11.4 Å². The first-order valence-electron chi connectivity index (χ1n) is 6.07. The van der Waals surface area contributed by atoms with Gasteiger partial charge in [0.25, 0.3) is 0 Å². The highest BCUT2D eigenvalue weighted by Crippen LogP contribution is 2.20. The van der Waals surface area contributed by atoms with E-state index >= 15 is 0 Å². The van der Waals surface area contributed by atoms with Crippen molar-refractivity contribution in [2.45, 2.75) is 32.4 Å². The number of phenolic OH excluding ortho intramolecular Hbond substituents is 1. The van der Waals surface area contributed by atoms with Crippen LogP contribution in [0.1, 0.15) is 31.1 Å². The number of nitrogens with one attached hydrogen (secondary N) is 1. The number of phenols is 1. The molecule has 0 spiro atoms. The van der Waals surface area contributed by atoms with Gasteiger partial charge >= 0.3 is 0 Å². The van der Waals surface area contributed by atoms with Crippen LogP contribution in [-0.2, 0) is 6.42 Å². The molecule has 18 heavy (non-hydrogen) atoms. The molecule has 2 rings (SSSR count). The van der Waals surface area contributed by atoms with Crippen LogP contribution in [0.2, 0.25) is 0 Å². The fourth-order valence-corrected chi connectivity index (χ4v) is 2.52. The van der Waals surface area contributed by atoms with Crippen molar-refractivity contribution in [1.82, 2.24) is 10.3 Å². The number of aromatic nitrogens is 1. The van der Waals surface area contributed by atoms with E-state index in [9.17, 15) is 5.11 Å². The molecule has 0 saturated heterocycles. The maximum atomic E-state index is 9.29. The third kappa shape index (κ3) is 3.55. The zero-order chi connectivity index (χ0) is 13.0. The second-order valence-corrected chi connectivity index (χ2v) is 5.38. The molecule has 1 heterocycles. The van der Waals surface area contributed by atoms with Crippen molar-refractivity contribution in [3.05, 3.63) is 46.4 Å². The molecular weight excluding hydrogens is 244 g/mol. The van der Waals surface area contributed by atoms with E-state index in [1.807, 2.05) is 17.6 Å². The highest BCUT2D eigenvalue weighted by Gasteiger charge is 2.15. The maximum absolute atomic E-state index is 9.29. The lowest BCUT2D eigenvalue weighted by atomic mass is 10.0. The van der Waals surface area contributed by atoms with E-state index < -0.39 is 0 Å². The summed E-state index contributed by atoms with van der Waals surface area (Å²) in [6, 6.07) is 7.99. The van der Waals surface area contributed by atoms with Gasteiger partial charge in [0.1, 0.15) is 5.75 Å². The number of thiazole rings is 1. The summed E-state index contributed by atoms with van der Waals surface area (Å²) >= 11 is 1.62. The van der Waals surface area contributed by atoms with Crippen LogP contribution in [0.5, 0.6) is 5.75 Å². The molecule has 0 bridgehead atoms. The molecule has 3 nitrogen and oxygen atoms in total. The molecule has 0 aliphatic heterocycles. The monoisotopic (exact) mass is 262 g/mol. The first-order chi connectivity index (χ1) is 8.65. The van der Waals surface area contributed by atoms with Gasteiger partial charge in [-0.25, -0.2) is 4.98 Å². The Morgan fingerprint density at radius 3 is 2.56 bits per heavy atom. The van der Waals surface area contributed by atoms with Crippen molar-refractivity contribution in [3.63, 3.8) is 0 Å². The first-order valence-corrected chi connectivity index (χ1v) is 7.01. The van der Waals surface area contributed by atoms with Gasteiger partial charge in [-0.3, -0.25) is 0 Å². The lowest BCUT2D eigenvalue weighted by Gasteiger charge is -2.19. The van der Waals surface area contributed by atoms with Crippen molar-refractivity contribution >= 4 is 11.3 Å². The fraction of sp³-hybridized carbons (Fsp3) is 0.357. The molecule has 1 aromatic heterocycles. The van der Waals surface area contributed by atoms with E-state index in [0.29, 0.717) is 11.8 Å². The van der Waals surface area contributed by atoms with Crippen LogP contribution >= 0.6 is 11.3 Å². The van der Waals surface area contributed by atoms with Gasteiger partial charge in [-0.1, -0.05) is 26.0 Å². The molecule has 4 heteroatoms. The predicted molar refractivity (Wildman–Crippen MR) is 74.9 cm³/mol. The number of rotatable bonds is 5. The quantitative estimate of drug-likeness (QED) is 0.870. The SMILES string of the molecule is CC(C)N[C@@H](Cc1ccc(O)cc1)c1cscn1. The Morgan fingerprint density at radius 2 is 2.00 bits per heavy atom. The fourth-order valence-electron chi connectivity index (χ4n) is 1.91. The molecule has 0 amide bonds. The van der Waals surface area contributed by atoms with E-state index in [1.165, 1.54) is 5.56 Å². The summed E-state index contributed by atoms with van der Waals surface area (Å²) in [5, 5.41) is 14.9. The van der Waals surface area contributed by atoms with Gasteiger partial charge in [0.15, 0.2) is 0 Å². The van der Waals surface area contributed by atoms with Gasteiger partial charge < -0.3 is 10.4 Å². The Morgan fingerprint density at radius 1 is 1.28 bits per heavy atom. The van der Waals surface area contributed by atoms with E-state index in [-0.39, 0.29) is 6.04 Å². The third-order valence-corrected chi connectivity index (χ3v) is 3.32. The van der Waals surface area contributed by atoms with Crippen LogP contribution in [0.15, 0.2) is 35.2 Å². The minimum absolute atomic E-state index is 0.223. The molecule has 1 aromatic carbocycles. The predicted octanol–water partition coefficient (Wildman–Crippen LogP) is 3.13. The zero-order valence-corrected chi connectivity index (χ0v) is 11.4. The summed E-state index contributed by atoms with van der Waals surface area (Å²) in [7, 11) is 0. The first kappa shape index (κ1) is 13.1. The average Bonchev–Trinajstić information content (AvgIpc) is 2.84. The van der Waals surface area contributed by atoms with Gasteiger partial charge in [0.05, 0.1) is 17.2 Å². The van der Waals surface area contributed by atoms with Crippen LogP contribution < -0.4 is 5.32 Å². The summed E-state index contributed by atoms with van der Waals surface area (Å²) in [5.41, 5.74) is 4.14. The molecule has 2 aromatic rings. The van der Waals surface area contributed by atoms with Crippen LogP contribution in [0.25, 0.3) is 0 Å². The molecule has 0 unspecified atom stereocenters. The van der Waals surface area contributed by atoms with Crippen molar-refractivity contribution in [3.8, 4) is 5.75 Å². The molecular formula is C14H18N2OS. The smallest absolute Gasteiger partial charge is 0.115 e. The molecule has 0 aliphatic rings. The van der Waals surface area contributed by atoms with E-state index in [0.717, 1.165) is 12.1 Å². The van der Waals surface area contributed by atoms with Crippen LogP contribution in [0.4, 0.5) is 0 Å². The summed E-state index contributed by atoms with van der Waals surface area (Å²) in [5.74, 6) is 0.306. The van der Waals surface area contributed by atoms with Crippen LogP contribution in [-0.4, -0.2) is 16.1 Å². The highest BCUT2D eigenvalue weighted by atomic mass is 32.1. The minimum Gasteiger partial charge on any atom is -0.508 e. The summed E-state index contributed by atoms with van der Waals surface area (Å²) in [4.78, 5) is 4.39. The molecule has 0 fully saturated rings. The minimum atomic E-state index is 0.223. The van der Waals surface area contributed by atoms with Crippen molar-refractivity contribution < 1.29 is 5.11 Å². The van der Waals surface area contributed by atoms with Gasteiger partial charge in [-0.15, -0.1) is 11.3 Å². The largest absolute Gasteiger partial charge is 0.508 e. The van der Waals surface area contributed by atoms with Gasteiger partial charge in [-0.2, -0.15) is 0 Å². The van der Waals surface area contributed by atoms with E-state index in [1.54, 1.807) is 23.5 Å². The summed E-state index contributed by atoms with van der Waals surface area (Å²) in [6.07, 6.45) is 0.877. The zero-order valence-electron chi connectivity index (χ0n) is 10.6. The summed E-state index contributed by atoms with van der Waals surface area (Å²) < 4.78 is 0. The van der Waals surface area contributed by atoms with Crippen molar-refractivity contribution in [2.24, 2.45) is 0 Å². The summed E-state index contributed by atoms with van der Waals surface area (Å²) in [6.45, 7) is 4.27. The molecule has 96 valence electrons. The van der Waals surface area contributed by atoms with Crippen LogP contribution in [0.3, 0.4) is 0 Å². The molecule has 0 radical (unpaired) electrons. The Bertz CT molecular complexity index is 465. The number of hydrogen-bond donors (Lipinski definition) is 2. The van der Waals surface area contributed by atoms with Gasteiger partial charge in [-0.05, 0) is 24.1 Å². The molecule has 0 aliphatic carbocycles. The average molecular weight is 262 g/mol. The Kier molecular flexibility index (Phi) is 4.33. The Labute approximate surface area is 112 Å². The number of nitrogens with zero attached hydrogens (tertiary/aromatic N) is 1. The van der Waals surface area contributed by atoms with Crippen molar-refractivity contribution in [2.75, 3.05) is 0 Å². The number of hydrogen-bond acceptors (Lipinski definition) is 4. The van der Waals surface area contributed by atoms with E-state index in [2.05, 4.69) is 29.5 Å². The van der Waals surface area contributed by atoms with E-state index in [4.69, 9.17) is 0 Å². The third-order valence-electron chi connectivity index (χ3n) is 2.72. The molecule has 2 N–H and O–H groups in total. The second kappa shape index (κ2) is 5.98. The molecule has 0 saturated carbocycles. The Hall–Kier alpha value is -1.39. The highest BCUT2D eigenvalue weighted by molar-refractivity contribution is 7.07. The lowest BCUT2D eigenvalue weighted by molar-refractivity contribution is 0.464. The standard InChI is InChI=1S/C14H18N2OS/c1-10(2)16-13(14-8-18-9-15-14)7-11-3-5-12(17)6-4-11/h3-6,8-10,13,16-17H,7H2,1-2H3/t13-/m0/s1. The topological polar surface area (TPSA) is 45.1 Å². The number of aromatic hydroxyl groups is 1. The second-order valence-electron chi connectivity index (χ2n) is 4.66. The maximum Gasteiger partial charge on any atom is 0.115 e. The Balaban J connectivity index is 2.12. The lowest BCUT2D eigenvalue weighted by Crippen LogP contribution is -2.29. The van der Waals surface area contributed by atoms with Crippen molar-refractivity contribution in [1.29, 1.82) is 0 Å². The van der Waals surface area contributed by atoms with Gasteiger partial charge in [0.2, 0.25) is 0 Å². The number of benzene rings is 1. The molecule has 1 atom stereocenters. The van der Waals surface area contributed by atoms with Crippen LogP contribution in [0, 0.1) is 0 Å². The normalized spacial score (nSPS) is 12.8.